The minimum atomic E-state index is -1.17. The van der Waals surface area contributed by atoms with Gasteiger partial charge in [-0.25, -0.2) is 0 Å². The highest BCUT2D eigenvalue weighted by Gasteiger charge is 2.14. The van der Waals surface area contributed by atoms with Crippen LogP contribution in [0.25, 0.3) is 0 Å². The van der Waals surface area contributed by atoms with Gasteiger partial charge in [0.1, 0.15) is 5.01 Å². The highest BCUT2D eigenvalue weighted by Crippen LogP contribution is 2.17. The third kappa shape index (κ3) is 5.31. The summed E-state index contributed by atoms with van der Waals surface area (Å²) in [4.78, 5) is 22.1. The van der Waals surface area contributed by atoms with Crippen LogP contribution < -0.4 is 10.6 Å². The van der Waals surface area contributed by atoms with Crippen LogP contribution in [0.15, 0.2) is 24.3 Å². The van der Waals surface area contributed by atoms with E-state index >= 15 is 0 Å². The molecule has 6 nitrogen and oxygen atoms in total. The molecule has 2 rings (SSSR count). The van der Waals surface area contributed by atoms with Gasteiger partial charge in [0.15, 0.2) is 4.84 Å². The van der Waals surface area contributed by atoms with Crippen LogP contribution in [0, 0.1) is 0 Å². The Morgan fingerprint density at radius 3 is 2.65 bits per heavy atom. The van der Waals surface area contributed by atoms with Crippen molar-refractivity contribution in [2.45, 2.75) is 11.3 Å². The summed E-state index contributed by atoms with van der Waals surface area (Å²) in [7, 11) is 0. The van der Waals surface area contributed by atoms with E-state index in [4.69, 9.17) is 34.8 Å². The third-order valence-corrected chi connectivity index (χ3v) is 4.26. The smallest absolute Gasteiger partial charge is 0.259 e. The van der Waals surface area contributed by atoms with Crippen LogP contribution in [0.1, 0.15) is 15.4 Å². The Bertz CT molecular complexity index is 708. The first-order valence-corrected chi connectivity index (χ1v) is 8.48. The van der Waals surface area contributed by atoms with Crippen molar-refractivity contribution in [2.24, 2.45) is 0 Å². The summed E-state index contributed by atoms with van der Waals surface area (Å²) in [6.45, 7) is 0.361. The molecule has 0 saturated heterocycles. The van der Waals surface area contributed by atoms with E-state index < -0.39 is 10.7 Å². The van der Waals surface area contributed by atoms with Crippen molar-refractivity contribution in [3.05, 3.63) is 39.9 Å². The van der Waals surface area contributed by atoms with E-state index in [9.17, 15) is 9.59 Å². The first-order valence-electron chi connectivity index (χ1n) is 6.41. The largest absolute Gasteiger partial charge is 0.352 e. The number of rotatable bonds is 6. The van der Waals surface area contributed by atoms with Gasteiger partial charge in [0.05, 0.1) is 10.6 Å². The molecule has 0 aliphatic rings. The van der Waals surface area contributed by atoms with Crippen molar-refractivity contribution in [1.82, 2.24) is 15.5 Å². The lowest BCUT2D eigenvalue weighted by Gasteiger charge is -2.05. The lowest BCUT2D eigenvalue weighted by molar-refractivity contribution is -0.114. The maximum atomic E-state index is 12.0. The fraction of sp³-hybridized carbons (Fsp3) is 0.231. The zero-order valence-corrected chi connectivity index (χ0v) is 14.6. The van der Waals surface area contributed by atoms with E-state index in [1.54, 1.807) is 24.3 Å². The highest BCUT2D eigenvalue weighted by molar-refractivity contribution is 7.15. The van der Waals surface area contributed by atoms with Gasteiger partial charge < -0.3 is 5.32 Å². The zero-order chi connectivity index (χ0) is 16.8. The molecule has 0 aliphatic heterocycles. The Balaban J connectivity index is 1.83. The molecule has 0 unspecified atom stereocenters. The molecule has 1 heterocycles. The lowest BCUT2D eigenvalue weighted by atomic mass is 10.2. The van der Waals surface area contributed by atoms with Crippen molar-refractivity contribution in [3.8, 4) is 0 Å². The van der Waals surface area contributed by atoms with Gasteiger partial charge in [-0.15, -0.1) is 10.2 Å². The van der Waals surface area contributed by atoms with E-state index in [2.05, 4.69) is 20.8 Å². The second-order valence-electron chi connectivity index (χ2n) is 4.28. The van der Waals surface area contributed by atoms with Crippen LogP contribution in [-0.2, 0) is 11.2 Å². The van der Waals surface area contributed by atoms with Gasteiger partial charge >= 0.3 is 0 Å². The van der Waals surface area contributed by atoms with Gasteiger partial charge in [0.2, 0.25) is 5.13 Å². The maximum Gasteiger partial charge on any atom is 0.259 e. The summed E-state index contributed by atoms with van der Waals surface area (Å²) < 4.78 is 0. The number of nitrogens with one attached hydrogen (secondary N) is 2. The number of carbonyl (C=O) groups is 2. The van der Waals surface area contributed by atoms with Gasteiger partial charge in [-0.1, -0.05) is 58.3 Å². The number of aromatic nitrogens is 2. The Labute approximate surface area is 151 Å². The molecule has 122 valence electrons. The quantitative estimate of drug-likeness (QED) is 0.739. The Hall–Kier alpha value is -1.41. The molecule has 10 heteroatoms. The minimum Gasteiger partial charge on any atom is -0.352 e. The summed E-state index contributed by atoms with van der Waals surface area (Å²) in [5.41, 5.74) is 0.412. The number of halogens is 3. The van der Waals surface area contributed by atoms with Crippen molar-refractivity contribution in [3.63, 3.8) is 0 Å². The second kappa shape index (κ2) is 8.44. The Morgan fingerprint density at radius 1 is 1.22 bits per heavy atom. The molecule has 0 atom stereocenters. The normalized spacial score (nSPS) is 10.6. The zero-order valence-electron chi connectivity index (χ0n) is 11.6. The van der Waals surface area contributed by atoms with Crippen LogP contribution in [0.4, 0.5) is 5.13 Å². The molecule has 1 aromatic heterocycles. The summed E-state index contributed by atoms with van der Waals surface area (Å²) in [5.74, 6) is -0.830. The van der Waals surface area contributed by atoms with E-state index in [0.29, 0.717) is 33.7 Å². The molecule has 2 N–H and O–H groups in total. The summed E-state index contributed by atoms with van der Waals surface area (Å²) >= 11 is 18.0. The summed E-state index contributed by atoms with van der Waals surface area (Å²) in [6.07, 6.45) is 0.467. The van der Waals surface area contributed by atoms with E-state index in [1.807, 2.05) is 0 Å². The summed E-state index contributed by atoms with van der Waals surface area (Å²) in [5, 5.41) is 14.2. The molecule has 0 radical (unpaired) electrons. The predicted molar refractivity (Wildman–Crippen MR) is 91.5 cm³/mol. The molecular formula is C13H11Cl3N4O2S. The molecule has 23 heavy (non-hydrogen) atoms. The maximum absolute atomic E-state index is 12.0. The van der Waals surface area contributed by atoms with Crippen LogP contribution in [0.2, 0.25) is 5.02 Å². The van der Waals surface area contributed by atoms with Gasteiger partial charge in [0.25, 0.3) is 11.8 Å². The van der Waals surface area contributed by atoms with Gasteiger partial charge in [-0.05, 0) is 12.1 Å². The molecule has 1 aromatic carbocycles. The van der Waals surface area contributed by atoms with E-state index in [1.165, 1.54) is 11.3 Å². The predicted octanol–water partition coefficient (Wildman–Crippen LogP) is 2.91. The first-order chi connectivity index (χ1) is 11.0. The minimum absolute atomic E-state index is 0.263. The number of alkyl halides is 2. The molecule has 0 bridgehead atoms. The van der Waals surface area contributed by atoms with Gasteiger partial charge in [-0.3, -0.25) is 14.9 Å². The van der Waals surface area contributed by atoms with Gasteiger partial charge in [-0.2, -0.15) is 0 Å². The van der Waals surface area contributed by atoms with Gasteiger partial charge in [0, 0.05) is 13.0 Å². The fourth-order valence-corrected chi connectivity index (χ4v) is 2.66. The second-order valence-corrected chi connectivity index (χ2v) is 6.84. The number of nitrogens with zero attached hydrogens (tertiary/aromatic N) is 2. The Kier molecular flexibility index (Phi) is 6.59. The lowest BCUT2D eigenvalue weighted by Crippen LogP contribution is -2.25. The Morgan fingerprint density at radius 2 is 1.96 bits per heavy atom. The standard InChI is InChI=1S/C13H11Cl3N4O2S/c14-8-4-2-1-3-7(8)11(21)17-6-5-9-19-20-13(23-9)18-12(22)10(15)16/h1-4,10H,5-6H2,(H,17,21)(H,18,20,22). The van der Waals surface area contributed by atoms with E-state index in [-0.39, 0.29) is 5.91 Å². The van der Waals surface area contributed by atoms with E-state index in [0.717, 1.165) is 0 Å². The topological polar surface area (TPSA) is 84.0 Å². The van der Waals surface area contributed by atoms with Crippen LogP contribution in [0.5, 0.6) is 0 Å². The molecule has 2 aromatic rings. The molecule has 0 spiro atoms. The van der Waals surface area contributed by atoms with Crippen LogP contribution >= 0.6 is 46.1 Å². The molecule has 0 fully saturated rings. The van der Waals surface area contributed by atoms with Crippen LogP contribution in [0.3, 0.4) is 0 Å². The molecule has 2 amide bonds. The van der Waals surface area contributed by atoms with Crippen molar-refractivity contribution >= 4 is 63.1 Å². The number of amides is 2. The SMILES string of the molecule is O=C(NCCc1nnc(NC(=O)C(Cl)Cl)s1)c1ccccc1Cl. The molecule has 0 aliphatic carbocycles. The van der Waals surface area contributed by atoms with Crippen LogP contribution in [-0.4, -0.2) is 33.4 Å². The average molecular weight is 394 g/mol. The first kappa shape index (κ1) is 17.9. The fourth-order valence-electron chi connectivity index (χ4n) is 1.59. The number of hydrogen-bond acceptors (Lipinski definition) is 5. The monoisotopic (exact) mass is 392 g/mol. The number of hydrogen-bond donors (Lipinski definition) is 2. The number of benzene rings is 1. The van der Waals surface area contributed by atoms with Crippen molar-refractivity contribution < 1.29 is 9.59 Å². The highest BCUT2D eigenvalue weighted by atomic mass is 35.5. The van der Waals surface area contributed by atoms with Crippen molar-refractivity contribution in [1.29, 1.82) is 0 Å². The number of anilines is 1. The van der Waals surface area contributed by atoms with Crippen molar-refractivity contribution in [2.75, 3.05) is 11.9 Å². The molecule has 0 saturated carbocycles. The number of carbonyl (C=O) groups excluding carboxylic acids is 2. The molecular weight excluding hydrogens is 383 g/mol. The third-order valence-electron chi connectivity index (χ3n) is 2.64. The average Bonchev–Trinajstić information content (AvgIpc) is 2.95. The summed E-state index contributed by atoms with van der Waals surface area (Å²) in [6, 6.07) is 6.78.